The quantitative estimate of drug-likeness (QED) is 0.293. The molecule has 3 aromatic carbocycles. The van der Waals surface area contributed by atoms with Gasteiger partial charge in [-0.1, -0.05) is 48.5 Å². The van der Waals surface area contributed by atoms with Gasteiger partial charge < -0.3 is 19.4 Å². The van der Waals surface area contributed by atoms with Crippen LogP contribution >= 0.6 is 0 Å². The van der Waals surface area contributed by atoms with Gasteiger partial charge in [0.05, 0.1) is 5.69 Å². The van der Waals surface area contributed by atoms with Crippen molar-refractivity contribution in [3.63, 3.8) is 0 Å². The summed E-state index contributed by atoms with van der Waals surface area (Å²) < 4.78 is 11.1. The van der Waals surface area contributed by atoms with Crippen LogP contribution in [0.4, 0.5) is 5.69 Å². The van der Waals surface area contributed by atoms with E-state index in [1.807, 2.05) is 60.7 Å². The number of nitrogens with zero attached hydrogens (tertiary/aromatic N) is 1. The molecule has 0 bridgehead atoms. The van der Waals surface area contributed by atoms with E-state index in [-0.39, 0.29) is 5.91 Å². The summed E-state index contributed by atoms with van der Waals surface area (Å²) in [6.45, 7) is 1.64. The summed E-state index contributed by atoms with van der Waals surface area (Å²) in [6, 6.07) is 26.0. The molecule has 0 fully saturated rings. The molecule has 0 aliphatic rings. The third-order valence-electron chi connectivity index (χ3n) is 5.31. The van der Waals surface area contributed by atoms with Crippen molar-refractivity contribution in [1.29, 1.82) is 0 Å². The number of para-hydroxylation sites is 1. The minimum Gasteiger partial charge on any atom is -0.489 e. The topological polar surface area (TPSA) is 71.8 Å². The summed E-state index contributed by atoms with van der Waals surface area (Å²) in [6.07, 6.45) is 0.723. The molecule has 4 aromatic rings. The molecule has 6 nitrogen and oxygen atoms in total. The second-order valence-corrected chi connectivity index (χ2v) is 7.78. The molecule has 0 saturated carbocycles. The van der Waals surface area contributed by atoms with Crippen molar-refractivity contribution in [2.24, 2.45) is 0 Å². The van der Waals surface area contributed by atoms with Crippen LogP contribution in [0.25, 0.3) is 11.0 Å². The molecular weight excluding hydrogens is 416 g/mol. The number of hydrogen-bond acceptors (Lipinski definition) is 5. The number of carbonyl (C=O) groups excluding carboxylic acids is 1. The van der Waals surface area contributed by atoms with Gasteiger partial charge in [-0.05, 0) is 42.3 Å². The van der Waals surface area contributed by atoms with Crippen LogP contribution in [0.2, 0.25) is 0 Å². The Morgan fingerprint density at radius 1 is 0.970 bits per heavy atom. The SMILES string of the molecule is CN(CCCNc1cc(=O)oc2ccccc12)C(=O)c1cccc(OCc2ccccc2)c1. The molecule has 0 atom stereocenters. The van der Waals surface area contributed by atoms with Crippen LogP contribution in [0.3, 0.4) is 0 Å². The fourth-order valence-electron chi connectivity index (χ4n) is 3.58. The van der Waals surface area contributed by atoms with E-state index in [2.05, 4.69) is 5.32 Å². The number of amides is 1. The molecule has 0 radical (unpaired) electrons. The summed E-state index contributed by atoms with van der Waals surface area (Å²) in [4.78, 5) is 26.3. The van der Waals surface area contributed by atoms with Gasteiger partial charge in [0.25, 0.3) is 5.91 Å². The van der Waals surface area contributed by atoms with E-state index in [0.717, 1.165) is 23.1 Å². The molecular formula is C27H26N2O4. The summed E-state index contributed by atoms with van der Waals surface area (Å²) in [5, 5.41) is 4.14. The van der Waals surface area contributed by atoms with E-state index < -0.39 is 5.63 Å². The number of ether oxygens (including phenoxy) is 1. The summed E-state index contributed by atoms with van der Waals surface area (Å²) in [5.41, 5.74) is 2.55. The van der Waals surface area contributed by atoms with Gasteiger partial charge in [0.1, 0.15) is 17.9 Å². The van der Waals surface area contributed by atoms with Gasteiger partial charge >= 0.3 is 5.63 Å². The zero-order valence-electron chi connectivity index (χ0n) is 18.5. The molecule has 0 unspecified atom stereocenters. The lowest BCUT2D eigenvalue weighted by Gasteiger charge is -2.18. The lowest BCUT2D eigenvalue weighted by Crippen LogP contribution is -2.28. The Bertz CT molecular complexity index is 1280. The number of carbonyl (C=O) groups is 1. The van der Waals surface area contributed by atoms with Crippen LogP contribution in [0.5, 0.6) is 5.75 Å². The minimum atomic E-state index is -0.391. The zero-order valence-corrected chi connectivity index (χ0v) is 18.5. The molecule has 4 rings (SSSR count). The fraction of sp³-hybridized carbons (Fsp3) is 0.185. The maximum Gasteiger partial charge on any atom is 0.338 e. The molecule has 1 aromatic heterocycles. The first-order chi connectivity index (χ1) is 16.1. The van der Waals surface area contributed by atoms with Crippen molar-refractivity contribution >= 4 is 22.6 Å². The molecule has 33 heavy (non-hydrogen) atoms. The van der Waals surface area contributed by atoms with Crippen molar-refractivity contribution in [3.8, 4) is 5.75 Å². The zero-order chi connectivity index (χ0) is 23.0. The van der Waals surface area contributed by atoms with Crippen molar-refractivity contribution in [3.05, 3.63) is 106 Å². The van der Waals surface area contributed by atoms with Gasteiger partial charge in [0.15, 0.2) is 0 Å². The molecule has 1 N–H and O–H groups in total. The highest BCUT2D eigenvalue weighted by Gasteiger charge is 2.12. The first kappa shape index (κ1) is 22.1. The van der Waals surface area contributed by atoms with Crippen LogP contribution in [-0.2, 0) is 6.61 Å². The maximum absolute atomic E-state index is 12.9. The van der Waals surface area contributed by atoms with Crippen LogP contribution < -0.4 is 15.7 Å². The largest absolute Gasteiger partial charge is 0.489 e. The smallest absolute Gasteiger partial charge is 0.338 e. The van der Waals surface area contributed by atoms with Gasteiger partial charge in [-0.3, -0.25) is 4.79 Å². The Labute approximate surface area is 192 Å². The predicted molar refractivity (Wildman–Crippen MR) is 130 cm³/mol. The third kappa shape index (κ3) is 5.80. The highest BCUT2D eigenvalue weighted by Crippen LogP contribution is 2.21. The second kappa shape index (κ2) is 10.5. The lowest BCUT2D eigenvalue weighted by molar-refractivity contribution is 0.0794. The fourth-order valence-corrected chi connectivity index (χ4v) is 3.58. The number of fused-ring (bicyclic) bond motifs is 1. The lowest BCUT2D eigenvalue weighted by atomic mass is 10.2. The first-order valence-corrected chi connectivity index (χ1v) is 10.9. The molecule has 0 aliphatic carbocycles. The van der Waals surface area contributed by atoms with Crippen LogP contribution in [-0.4, -0.2) is 30.9 Å². The number of hydrogen-bond donors (Lipinski definition) is 1. The van der Waals surface area contributed by atoms with Crippen molar-refractivity contribution in [1.82, 2.24) is 4.90 Å². The Morgan fingerprint density at radius 2 is 1.76 bits per heavy atom. The van der Waals surface area contributed by atoms with Crippen LogP contribution in [0.1, 0.15) is 22.3 Å². The normalized spacial score (nSPS) is 10.7. The third-order valence-corrected chi connectivity index (χ3v) is 5.31. The molecule has 1 amide bonds. The van der Waals surface area contributed by atoms with E-state index >= 15 is 0 Å². The monoisotopic (exact) mass is 442 g/mol. The average Bonchev–Trinajstić information content (AvgIpc) is 2.85. The second-order valence-electron chi connectivity index (χ2n) is 7.78. The van der Waals surface area contributed by atoms with E-state index in [9.17, 15) is 9.59 Å². The number of benzene rings is 3. The van der Waals surface area contributed by atoms with Gasteiger partial charge in [0.2, 0.25) is 0 Å². The molecule has 0 aliphatic heterocycles. The average molecular weight is 443 g/mol. The highest BCUT2D eigenvalue weighted by atomic mass is 16.5. The maximum atomic E-state index is 12.9. The molecule has 0 spiro atoms. The van der Waals surface area contributed by atoms with E-state index in [1.165, 1.54) is 6.07 Å². The highest BCUT2D eigenvalue weighted by molar-refractivity contribution is 5.94. The standard InChI is InChI=1S/C27H26N2O4/c1-29(16-8-15-28-24-18-26(30)33-25-14-6-5-13-23(24)25)27(31)21-11-7-12-22(17-21)32-19-20-9-3-2-4-10-20/h2-7,9-14,17-18,28H,8,15-16,19H2,1H3. The molecule has 0 saturated heterocycles. The van der Waals surface area contributed by atoms with Gasteiger partial charge in [-0.2, -0.15) is 0 Å². The molecule has 6 heteroatoms. The predicted octanol–water partition coefficient (Wildman–Crippen LogP) is 4.95. The summed E-state index contributed by atoms with van der Waals surface area (Å²) >= 11 is 0. The van der Waals surface area contributed by atoms with E-state index in [4.69, 9.17) is 9.15 Å². The van der Waals surface area contributed by atoms with Crippen molar-refractivity contribution < 1.29 is 13.9 Å². The van der Waals surface area contributed by atoms with E-state index in [0.29, 0.717) is 36.6 Å². The number of anilines is 1. The van der Waals surface area contributed by atoms with Crippen LogP contribution in [0.15, 0.2) is 94.1 Å². The number of rotatable bonds is 9. The van der Waals surface area contributed by atoms with Gasteiger partial charge in [-0.25, -0.2) is 4.79 Å². The van der Waals surface area contributed by atoms with E-state index in [1.54, 1.807) is 30.1 Å². The Hall–Kier alpha value is -4.06. The number of nitrogens with one attached hydrogen (secondary N) is 1. The van der Waals surface area contributed by atoms with Crippen molar-refractivity contribution in [2.75, 3.05) is 25.5 Å². The summed E-state index contributed by atoms with van der Waals surface area (Å²) in [5.74, 6) is 0.598. The molecule has 168 valence electrons. The van der Waals surface area contributed by atoms with Gasteiger partial charge in [0, 0.05) is 37.2 Å². The first-order valence-electron chi connectivity index (χ1n) is 10.9. The van der Waals surface area contributed by atoms with Gasteiger partial charge in [-0.15, -0.1) is 0 Å². The molecule has 1 heterocycles. The Kier molecular flexibility index (Phi) is 7.05. The minimum absolute atomic E-state index is 0.0639. The van der Waals surface area contributed by atoms with Crippen molar-refractivity contribution in [2.45, 2.75) is 13.0 Å². The Balaban J connectivity index is 1.30. The van der Waals surface area contributed by atoms with Crippen LogP contribution in [0, 0.1) is 0 Å². The Morgan fingerprint density at radius 3 is 2.61 bits per heavy atom. The summed E-state index contributed by atoms with van der Waals surface area (Å²) in [7, 11) is 1.78.